The van der Waals surface area contributed by atoms with Crippen molar-refractivity contribution >= 4 is 23.3 Å². The average molecular weight is 333 g/mol. The van der Waals surface area contributed by atoms with E-state index in [-0.39, 0.29) is 11.8 Å². The zero-order valence-corrected chi connectivity index (χ0v) is 13.6. The molecular formula is C15H19N5O2S. The van der Waals surface area contributed by atoms with Crippen LogP contribution >= 0.6 is 11.3 Å². The molecule has 0 radical (unpaired) electrons. The van der Waals surface area contributed by atoms with Gasteiger partial charge in [0.15, 0.2) is 0 Å². The molecule has 1 amide bonds. The molecule has 0 aromatic carbocycles. The van der Waals surface area contributed by atoms with Crippen LogP contribution in [-0.2, 0) is 6.54 Å². The van der Waals surface area contributed by atoms with Gasteiger partial charge in [-0.15, -0.1) is 5.10 Å². The summed E-state index contributed by atoms with van der Waals surface area (Å²) in [4.78, 5) is 16.6. The second kappa shape index (κ2) is 6.29. The molecular weight excluding hydrogens is 314 g/mol. The number of carbonyl (C=O) groups is 1. The lowest BCUT2D eigenvalue weighted by molar-refractivity contribution is 0.0591. The lowest BCUT2D eigenvalue weighted by Gasteiger charge is -2.33. The van der Waals surface area contributed by atoms with E-state index in [9.17, 15) is 4.79 Å². The molecule has 2 fully saturated rings. The van der Waals surface area contributed by atoms with Crippen molar-refractivity contribution in [2.24, 2.45) is 0 Å². The van der Waals surface area contributed by atoms with Crippen molar-refractivity contribution < 1.29 is 9.21 Å². The molecule has 1 aliphatic carbocycles. The van der Waals surface area contributed by atoms with Gasteiger partial charge in [-0.3, -0.25) is 9.69 Å². The fraction of sp³-hybridized carbons (Fsp3) is 0.533. The number of aromatic nitrogens is 2. The van der Waals surface area contributed by atoms with E-state index in [1.165, 1.54) is 5.56 Å². The molecule has 7 nitrogen and oxygen atoms in total. The third-order valence-corrected chi connectivity index (χ3v) is 4.89. The van der Waals surface area contributed by atoms with Crippen molar-refractivity contribution in [3.05, 3.63) is 28.3 Å². The van der Waals surface area contributed by atoms with E-state index in [0.29, 0.717) is 25.1 Å². The molecule has 1 saturated carbocycles. The number of thiophene rings is 1. The van der Waals surface area contributed by atoms with Gasteiger partial charge >= 0.3 is 17.8 Å². The topological polar surface area (TPSA) is 74.5 Å². The Morgan fingerprint density at radius 2 is 2.13 bits per heavy atom. The van der Waals surface area contributed by atoms with Gasteiger partial charge in [0.25, 0.3) is 0 Å². The SMILES string of the molecule is O=C(c1nnc(NC2CC2)o1)N1CCN(Cc2ccsc2)CC1. The van der Waals surface area contributed by atoms with Crippen molar-refractivity contribution in [2.45, 2.75) is 25.4 Å². The molecule has 3 heterocycles. The maximum atomic E-state index is 12.4. The van der Waals surface area contributed by atoms with Crippen molar-refractivity contribution in [1.29, 1.82) is 0 Å². The Morgan fingerprint density at radius 1 is 1.30 bits per heavy atom. The highest BCUT2D eigenvalue weighted by atomic mass is 32.1. The van der Waals surface area contributed by atoms with E-state index in [1.807, 2.05) is 0 Å². The Hall–Kier alpha value is -1.93. The lowest BCUT2D eigenvalue weighted by atomic mass is 10.2. The molecule has 2 aromatic heterocycles. The molecule has 2 aromatic rings. The van der Waals surface area contributed by atoms with Crippen LogP contribution in [0.5, 0.6) is 0 Å². The standard InChI is InChI=1S/C15H19N5O2S/c21-14(13-17-18-15(22-13)16-12-1-2-12)20-6-4-19(5-7-20)9-11-3-8-23-10-11/h3,8,10,12H,1-2,4-7,9H2,(H,16,18). The first-order chi connectivity index (χ1) is 11.3. The zero-order chi connectivity index (χ0) is 15.6. The minimum atomic E-state index is -0.170. The van der Waals surface area contributed by atoms with Crippen molar-refractivity contribution in [3.8, 4) is 0 Å². The third kappa shape index (κ3) is 3.53. The van der Waals surface area contributed by atoms with E-state index in [2.05, 4.69) is 37.2 Å². The molecule has 122 valence electrons. The molecule has 1 saturated heterocycles. The predicted octanol–water partition coefficient (Wildman–Crippen LogP) is 1.66. The number of rotatable bonds is 5. The maximum absolute atomic E-state index is 12.4. The second-order valence-electron chi connectivity index (χ2n) is 6.03. The van der Waals surface area contributed by atoms with Crippen molar-refractivity contribution in [1.82, 2.24) is 20.0 Å². The van der Waals surface area contributed by atoms with Crippen LogP contribution in [0.25, 0.3) is 0 Å². The smallest absolute Gasteiger partial charge is 0.316 e. The number of hydrogen-bond acceptors (Lipinski definition) is 7. The van der Waals surface area contributed by atoms with Gasteiger partial charge in [0.05, 0.1) is 0 Å². The van der Waals surface area contributed by atoms with Crippen LogP contribution in [0.15, 0.2) is 21.2 Å². The molecule has 1 aliphatic heterocycles. The number of amides is 1. The van der Waals surface area contributed by atoms with Gasteiger partial charge in [0, 0.05) is 38.8 Å². The Bertz CT molecular complexity index is 659. The summed E-state index contributed by atoms with van der Waals surface area (Å²) in [7, 11) is 0. The van der Waals surface area contributed by atoms with Crippen LogP contribution < -0.4 is 5.32 Å². The Balaban J connectivity index is 1.30. The maximum Gasteiger partial charge on any atom is 0.316 e. The zero-order valence-electron chi connectivity index (χ0n) is 12.8. The molecule has 2 aliphatic rings. The normalized spacial score (nSPS) is 19.0. The first kappa shape index (κ1) is 14.6. The highest BCUT2D eigenvalue weighted by molar-refractivity contribution is 7.07. The largest absolute Gasteiger partial charge is 0.399 e. The summed E-state index contributed by atoms with van der Waals surface area (Å²) in [5.41, 5.74) is 1.34. The Labute approximate surface area is 138 Å². The van der Waals surface area contributed by atoms with Crippen LogP contribution in [0.2, 0.25) is 0 Å². The van der Waals surface area contributed by atoms with Gasteiger partial charge in [-0.05, 0) is 35.2 Å². The fourth-order valence-electron chi connectivity index (χ4n) is 2.66. The molecule has 0 unspecified atom stereocenters. The molecule has 0 spiro atoms. The molecule has 23 heavy (non-hydrogen) atoms. The number of hydrogen-bond donors (Lipinski definition) is 1. The monoisotopic (exact) mass is 333 g/mol. The Kier molecular flexibility index (Phi) is 4.00. The molecule has 0 bridgehead atoms. The number of nitrogens with one attached hydrogen (secondary N) is 1. The van der Waals surface area contributed by atoms with E-state index < -0.39 is 0 Å². The van der Waals surface area contributed by atoms with Gasteiger partial charge in [-0.1, -0.05) is 5.10 Å². The fourth-order valence-corrected chi connectivity index (χ4v) is 3.32. The highest BCUT2D eigenvalue weighted by Gasteiger charge is 2.28. The average Bonchev–Trinajstić information content (AvgIpc) is 3.03. The predicted molar refractivity (Wildman–Crippen MR) is 86.4 cm³/mol. The first-order valence-corrected chi connectivity index (χ1v) is 8.85. The Morgan fingerprint density at radius 3 is 2.83 bits per heavy atom. The minimum absolute atomic E-state index is 0.0828. The summed E-state index contributed by atoms with van der Waals surface area (Å²) in [6.45, 7) is 4.06. The van der Waals surface area contributed by atoms with Gasteiger partial charge in [0.2, 0.25) is 0 Å². The quantitative estimate of drug-likeness (QED) is 0.897. The summed E-state index contributed by atoms with van der Waals surface area (Å²) in [6, 6.07) is 2.93. The van der Waals surface area contributed by atoms with Crippen LogP contribution in [-0.4, -0.2) is 58.1 Å². The lowest BCUT2D eigenvalue weighted by Crippen LogP contribution is -2.48. The van der Waals surface area contributed by atoms with Gasteiger partial charge in [0.1, 0.15) is 0 Å². The van der Waals surface area contributed by atoms with Gasteiger partial charge in [-0.2, -0.15) is 11.3 Å². The van der Waals surface area contributed by atoms with E-state index >= 15 is 0 Å². The van der Waals surface area contributed by atoms with Crippen molar-refractivity contribution in [3.63, 3.8) is 0 Å². The third-order valence-electron chi connectivity index (χ3n) is 4.16. The number of nitrogens with zero attached hydrogens (tertiary/aromatic N) is 4. The van der Waals surface area contributed by atoms with E-state index in [0.717, 1.165) is 32.5 Å². The van der Waals surface area contributed by atoms with Crippen molar-refractivity contribution in [2.75, 3.05) is 31.5 Å². The summed E-state index contributed by atoms with van der Waals surface area (Å²) in [5, 5.41) is 15.1. The van der Waals surface area contributed by atoms with E-state index in [1.54, 1.807) is 16.2 Å². The minimum Gasteiger partial charge on any atom is -0.399 e. The second-order valence-corrected chi connectivity index (χ2v) is 6.81. The molecule has 4 rings (SSSR count). The van der Waals surface area contributed by atoms with E-state index in [4.69, 9.17) is 4.42 Å². The summed E-state index contributed by atoms with van der Waals surface area (Å²) in [6.07, 6.45) is 2.25. The van der Waals surface area contributed by atoms with Crippen LogP contribution in [0.1, 0.15) is 29.1 Å². The summed E-state index contributed by atoms with van der Waals surface area (Å²) in [5.74, 6) is -0.0871. The van der Waals surface area contributed by atoms with Gasteiger partial charge in [-0.25, -0.2) is 0 Å². The number of carbonyl (C=O) groups excluding carboxylic acids is 1. The molecule has 1 N–H and O–H groups in total. The molecule has 8 heteroatoms. The first-order valence-electron chi connectivity index (χ1n) is 7.91. The number of piperazine rings is 1. The summed E-state index contributed by atoms with van der Waals surface area (Å²) < 4.78 is 5.42. The summed E-state index contributed by atoms with van der Waals surface area (Å²) >= 11 is 1.72. The van der Waals surface area contributed by atoms with Crippen LogP contribution in [0, 0.1) is 0 Å². The highest BCUT2D eigenvalue weighted by Crippen LogP contribution is 2.24. The number of anilines is 1. The molecule has 0 atom stereocenters. The van der Waals surface area contributed by atoms with Gasteiger partial charge < -0.3 is 14.6 Å². The van der Waals surface area contributed by atoms with Crippen LogP contribution in [0.3, 0.4) is 0 Å². The van der Waals surface area contributed by atoms with Crippen LogP contribution in [0.4, 0.5) is 6.01 Å².